The van der Waals surface area contributed by atoms with E-state index in [-0.39, 0.29) is 4.90 Å². The number of anilines is 1. The number of nitrogens with zero attached hydrogens (tertiary/aromatic N) is 1. The predicted octanol–water partition coefficient (Wildman–Crippen LogP) is 4.34. The number of amides is 1. The molecule has 0 fully saturated rings. The Morgan fingerprint density at radius 3 is 1.96 bits per heavy atom. The zero-order chi connectivity index (χ0) is 18.7. The number of hydrogen-bond acceptors (Lipinski definition) is 3. The predicted molar refractivity (Wildman–Crippen MR) is 103 cm³/mol. The lowest BCUT2D eigenvalue weighted by Gasteiger charge is -2.24. The van der Waals surface area contributed by atoms with Gasteiger partial charge < -0.3 is 0 Å². The van der Waals surface area contributed by atoms with Crippen LogP contribution in [0.15, 0.2) is 83.8 Å². The first-order chi connectivity index (χ1) is 12.4. The number of sulfonamides is 1. The number of benzene rings is 3. The fourth-order valence-electron chi connectivity index (χ4n) is 2.65. The molecule has 0 unspecified atom stereocenters. The summed E-state index contributed by atoms with van der Waals surface area (Å²) in [5.74, 6) is -0.583. The third-order valence-corrected chi connectivity index (χ3v) is 5.81. The van der Waals surface area contributed by atoms with E-state index in [4.69, 9.17) is 0 Å². The quantitative estimate of drug-likeness (QED) is 0.691. The van der Waals surface area contributed by atoms with Crippen LogP contribution in [0.1, 0.15) is 21.5 Å². The first-order valence-electron chi connectivity index (χ1n) is 8.18. The van der Waals surface area contributed by atoms with E-state index in [0.717, 1.165) is 9.87 Å². The fraction of sp³-hybridized carbons (Fsp3) is 0.0952. The molecule has 0 aliphatic heterocycles. The van der Waals surface area contributed by atoms with Gasteiger partial charge in [0, 0.05) is 5.56 Å². The largest absolute Gasteiger partial charge is 0.272 e. The van der Waals surface area contributed by atoms with Gasteiger partial charge in [-0.05, 0) is 49.7 Å². The third-order valence-electron chi connectivity index (χ3n) is 4.10. The zero-order valence-corrected chi connectivity index (χ0v) is 15.4. The van der Waals surface area contributed by atoms with Gasteiger partial charge in [0.2, 0.25) is 0 Å². The molecule has 132 valence electrons. The summed E-state index contributed by atoms with van der Waals surface area (Å²) in [6.07, 6.45) is 0. The van der Waals surface area contributed by atoms with Gasteiger partial charge in [-0.2, -0.15) is 4.31 Å². The van der Waals surface area contributed by atoms with Gasteiger partial charge in [-0.25, -0.2) is 8.42 Å². The molecule has 3 aromatic rings. The van der Waals surface area contributed by atoms with Gasteiger partial charge in [-0.3, -0.25) is 4.79 Å². The van der Waals surface area contributed by atoms with E-state index < -0.39 is 15.9 Å². The van der Waals surface area contributed by atoms with Crippen molar-refractivity contribution in [1.29, 1.82) is 0 Å². The van der Waals surface area contributed by atoms with E-state index in [1.807, 2.05) is 13.0 Å². The SMILES string of the molecule is Cc1ccc(S(=O)(=O)N(C(=O)c2ccccc2)c2ccccc2C)cc1. The second-order valence-electron chi connectivity index (χ2n) is 6.04. The molecule has 0 atom stereocenters. The molecule has 26 heavy (non-hydrogen) atoms. The summed E-state index contributed by atoms with van der Waals surface area (Å²) in [7, 11) is -4.06. The van der Waals surface area contributed by atoms with Crippen molar-refractivity contribution in [1.82, 2.24) is 0 Å². The number of rotatable bonds is 4. The van der Waals surface area contributed by atoms with Crippen LogP contribution in [0.4, 0.5) is 5.69 Å². The Balaban J connectivity index is 2.19. The summed E-state index contributed by atoms with van der Waals surface area (Å²) in [6.45, 7) is 3.66. The maximum absolute atomic E-state index is 13.3. The summed E-state index contributed by atoms with van der Waals surface area (Å²) >= 11 is 0. The van der Waals surface area contributed by atoms with Crippen LogP contribution in [0, 0.1) is 13.8 Å². The lowest BCUT2D eigenvalue weighted by atomic mass is 10.1. The molecule has 0 bridgehead atoms. The van der Waals surface area contributed by atoms with Gasteiger partial charge in [0.25, 0.3) is 15.9 Å². The molecule has 3 rings (SSSR count). The molecule has 0 aromatic heterocycles. The van der Waals surface area contributed by atoms with Gasteiger partial charge in [-0.1, -0.05) is 54.1 Å². The van der Waals surface area contributed by atoms with Crippen molar-refractivity contribution < 1.29 is 13.2 Å². The number of carbonyl (C=O) groups excluding carboxylic acids is 1. The van der Waals surface area contributed by atoms with Gasteiger partial charge >= 0.3 is 0 Å². The summed E-state index contributed by atoms with van der Waals surface area (Å²) in [5.41, 5.74) is 2.31. The minimum Gasteiger partial charge on any atom is -0.268 e. The highest BCUT2D eigenvalue weighted by molar-refractivity contribution is 7.93. The van der Waals surface area contributed by atoms with Crippen LogP contribution in [0.25, 0.3) is 0 Å². The van der Waals surface area contributed by atoms with Gasteiger partial charge in [-0.15, -0.1) is 0 Å². The second-order valence-corrected chi connectivity index (χ2v) is 7.83. The van der Waals surface area contributed by atoms with E-state index in [9.17, 15) is 13.2 Å². The van der Waals surface area contributed by atoms with Crippen molar-refractivity contribution in [2.45, 2.75) is 18.7 Å². The highest BCUT2D eigenvalue weighted by Gasteiger charge is 2.32. The molecule has 5 heteroatoms. The van der Waals surface area contributed by atoms with Crippen molar-refractivity contribution in [2.75, 3.05) is 4.31 Å². The van der Waals surface area contributed by atoms with E-state index in [1.54, 1.807) is 67.6 Å². The lowest BCUT2D eigenvalue weighted by Crippen LogP contribution is -2.37. The van der Waals surface area contributed by atoms with Crippen molar-refractivity contribution >= 4 is 21.6 Å². The van der Waals surface area contributed by atoms with Gasteiger partial charge in [0.1, 0.15) is 0 Å². The second kappa shape index (κ2) is 7.14. The molecule has 0 heterocycles. The minimum absolute atomic E-state index is 0.0793. The van der Waals surface area contributed by atoms with E-state index in [1.165, 1.54) is 12.1 Å². The number of hydrogen-bond donors (Lipinski definition) is 0. The van der Waals surface area contributed by atoms with E-state index in [2.05, 4.69) is 0 Å². The minimum atomic E-state index is -4.06. The molecule has 0 N–H and O–H groups in total. The van der Waals surface area contributed by atoms with Crippen molar-refractivity contribution in [2.24, 2.45) is 0 Å². The lowest BCUT2D eigenvalue weighted by molar-refractivity contribution is 0.100. The summed E-state index contributed by atoms with van der Waals surface area (Å²) in [4.78, 5) is 13.2. The third kappa shape index (κ3) is 3.39. The Morgan fingerprint density at radius 2 is 1.35 bits per heavy atom. The first-order valence-corrected chi connectivity index (χ1v) is 9.62. The number of aryl methyl sites for hydroxylation is 2. The highest BCUT2D eigenvalue weighted by Crippen LogP contribution is 2.28. The van der Waals surface area contributed by atoms with Crippen LogP contribution in [0.3, 0.4) is 0 Å². The summed E-state index contributed by atoms with van der Waals surface area (Å²) in [6, 6.07) is 21.9. The van der Waals surface area contributed by atoms with Crippen molar-refractivity contribution in [3.05, 3.63) is 95.6 Å². The molecule has 0 radical (unpaired) electrons. The van der Waals surface area contributed by atoms with E-state index >= 15 is 0 Å². The molecule has 0 spiro atoms. The van der Waals surface area contributed by atoms with Gasteiger partial charge in [0.15, 0.2) is 0 Å². The normalized spacial score (nSPS) is 11.2. The Bertz CT molecular complexity index is 1030. The van der Waals surface area contributed by atoms with E-state index in [0.29, 0.717) is 16.8 Å². The van der Waals surface area contributed by atoms with Gasteiger partial charge in [0.05, 0.1) is 10.6 Å². The van der Waals surface area contributed by atoms with Crippen LogP contribution in [-0.2, 0) is 10.0 Å². The highest BCUT2D eigenvalue weighted by atomic mass is 32.2. The Hall–Kier alpha value is -2.92. The van der Waals surface area contributed by atoms with Crippen LogP contribution in [-0.4, -0.2) is 14.3 Å². The summed E-state index contributed by atoms with van der Waals surface area (Å²) < 4.78 is 27.5. The monoisotopic (exact) mass is 365 g/mol. The summed E-state index contributed by atoms with van der Waals surface area (Å²) in [5, 5.41) is 0. The zero-order valence-electron chi connectivity index (χ0n) is 14.6. The Labute approximate surface area is 153 Å². The molecular formula is C21H19NO3S. The Kier molecular flexibility index (Phi) is 4.91. The van der Waals surface area contributed by atoms with Crippen LogP contribution < -0.4 is 4.31 Å². The van der Waals surface area contributed by atoms with Crippen LogP contribution in [0.5, 0.6) is 0 Å². The smallest absolute Gasteiger partial charge is 0.268 e. The molecule has 1 amide bonds. The fourth-order valence-corrected chi connectivity index (χ4v) is 4.13. The molecule has 4 nitrogen and oxygen atoms in total. The molecule has 0 saturated heterocycles. The number of carbonyl (C=O) groups is 1. The van der Waals surface area contributed by atoms with Crippen molar-refractivity contribution in [3.63, 3.8) is 0 Å². The van der Waals surface area contributed by atoms with Crippen LogP contribution in [0.2, 0.25) is 0 Å². The standard InChI is InChI=1S/C21H19NO3S/c1-16-12-14-19(15-13-16)26(24,25)22(20-11-7-6-8-17(20)2)21(23)18-9-4-3-5-10-18/h3-15H,1-2H3. The van der Waals surface area contributed by atoms with Crippen molar-refractivity contribution in [3.8, 4) is 0 Å². The molecule has 0 saturated carbocycles. The average Bonchev–Trinajstić information content (AvgIpc) is 2.64. The topological polar surface area (TPSA) is 54.5 Å². The Morgan fingerprint density at radius 1 is 0.769 bits per heavy atom. The number of para-hydroxylation sites is 1. The molecular weight excluding hydrogens is 346 g/mol. The maximum Gasteiger partial charge on any atom is 0.272 e. The first kappa shape index (κ1) is 17.9. The average molecular weight is 365 g/mol. The molecule has 3 aromatic carbocycles. The van der Waals surface area contributed by atoms with Crippen LogP contribution >= 0.6 is 0 Å². The molecule has 0 aliphatic carbocycles. The maximum atomic E-state index is 13.3. The molecule has 0 aliphatic rings.